The lowest BCUT2D eigenvalue weighted by Crippen LogP contribution is -2.15. The normalized spacial score (nSPS) is 16.3. The molecule has 0 aliphatic heterocycles. The Morgan fingerprint density at radius 2 is 1.65 bits per heavy atom. The minimum atomic E-state index is -0.107. The Hall–Kier alpha value is -1.68. The van der Waals surface area contributed by atoms with Crippen LogP contribution in [0.3, 0.4) is 0 Å². The zero-order valence-electron chi connectivity index (χ0n) is 12.4. The van der Waals surface area contributed by atoms with Crippen molar-refractivity contribution >= 4 is 0 Å². The molecule has 0 bridgehead atoms. The summed E-state index contributed by atoms with van der Waals surface area (Å²) in [5, 5.41) is 0. The minimum absolute atomic E-state index is 0.107. The highest BCUT2D eigenvalue weighted by Crippen LogP contribution is 2.41. The predicted molar refractivity (Wildman–Crippen MR) is 79.6 cm³/mol. The molecule has 0 amide bonds. The van der Waals surface area contributed by atoms with Crippen molar-refractivity contribution in [3.05, 3.63) is 29.3 Å². The molecule has 110 valence electrons. The van der Waals surface area contributed by atoms with Gasteiger partial charge in [0.15, 0.2) is 11.5 Å². The molecule has 1 aromatic carbocycles. The van der Waals surface area contributed by atoms with E-state index in [0.29, 0.717) is 17.2 Å². The number of hydrogen-bond acceptors (Lipinski definition) is 4. The summed E-state index contributed by atoms with van der Waals surface area (Å²) in [5.41, 5.74) is 8.68. The van der Waals surface area contributed by atoms with Crippen LogP contribution in [0.25, 0.3) is 0 Å². The van der Waals surface area contributed by atoms with E-state index in [0.717, 1.165) is 18.4 Å². The lowest BCUT2D eigenvalue weighted by Gasteiger charge is -2.22. The minimum Gasteiger partial charge on any atom is -0.493 e. The summed E-state index contributed by atoms with van der Waals surface area (Å²) >= 11 is 0. The zero-order valence-corrected chi connectivity index (χ0v) is 12.4. The van der Waals surface area contributed by atoms with Crippen LogP contribution in [0.1, 0.15) is 37.3 Å². The number of methoxy groups -OCH3 is 3. The van der Waals surface area contributed by atoms with Crippen LogP contribution in [0.15, 0.2) is 23.8 Å². The highest BCUT2D eigenvalue weighted by Gasteiger charge is 2.19. The van der Waals surface area contributed by atoms with Gasteiger partial charge in [-0.2, -0.15) is 0 Å². The average molecular weight is 277 g/mol. The molecule has 1 unspecified atom stereocenters. The van der Waals surface area contributed by atoms with Crippen LogP contribution in [0.5, 0.6) is 17.2 Å². The van der Waals surface area contributed by atoms with Crippen molar-refractivity contribution in [3.8, 4) is 17.2 Å². The largest absolute Gasteiger partial charge is 0.493 e. The topological polar surface area (TPSA) is 53.7 Å². The maximum Gasteiger partial charge on any atom is 0.203 e. The molecule has 0 spiro atoms. The summed E-state index contributed by atoms with van der Waals surface area (Å²) in [6, 6.07) is 3.76. The molecule has 4 nitrogen and oxygen atoms in total. The van der Waals surface area contributed by atoms with Crippen LogP contribution in [0.4, 0.5) is 0 Å². The number of ether oxygens (including phenoxy) is 3. The first-order chi connectivity index (χ1) is 9.71. The third-order valence-corrected chi connectivity index (χ3v) is 3.77. The van der Waals surface area contributed by atoms with Gasteiger partial charge in [-0.05, 0) is 43.4 Å². The van der Waals surface area contributed by atoms with Crippen LogP contribution in [-0.4, -0.2) is 21.3 Å². The van der Waals surface area contributed by atoms with Crippen LogP contribution < -0.4 is 19.9 Å². The smallest absolute Gasteiger partial charge is 0.203 e. The van der Waals surface area contributed by atoms with Crippen molar-refractivity contribution < 1.29 is 14.2 Å². The van der Waals surface area contributed by atoms with Gasteiger partial charge >= 0.3 is 0 Å². The van der Waals surface area contributed by atoms with Gasteiger partial charge in [0.25, 0.3) is 0 Å². The van der Waals surface area contributed by atoms with Gasteiger partial charge in [0, 0.05) is 0 Å². The molecule has 4 heteroatoms. The fourth-order valence-corrected chi connectivity index (χ4v) is 2.64. The maximum absolute atomic E-state index is 6.39. The van der Waals surface area contributed by atoms with E-state index < -0.39 is 0 Å². The summed E-state index contributed by atoms with van der Waals surface area (Å²) < 4.78 is 16.1. The molecule has 0 saturated heterocycles. The van der Waals surface area contributed by atoms with E-state index >= 15 is 0 Å². The first-order valence-corrected chi connectivity index (χ1v) is 6.95. The third-order valence-electron chi connectivity index (χ3n) is 3.77. The Balaban J connectivity index is 2.38. The van der Waals surface area contributed by atoms with Gasteiger partial charge in [-0.25, -0.2) is 0 Å². The van der Waals surface area contributed by atoms with Gasteiger partial charge in [-0.1, -0.05) is 11.6 Å². The monoisotopic (exact) mass is 277 g/mol. The van der Waals surface area contributed by atoms with Crippen molar-refractivity contribution in [3.63, 3.8) is 0 Å². The van der Waals surface area contributed by atoms with Gasteiger partial charge in [-0.15, -0.1) is 0 Å². The van der Waals surface area contributed by atoms with Crippen molar-refractivity contribution in [2.24, 2.45) is 5.73 Å². The molecule has 0 radical (unpaired) electrons. The van der Waals surface area contributed by atoms with Crippen molar-refractivity contribution in [2.45, 2.75) is 31.7 Å². The van der Waals surface area contributed by atoms with Gasteiger partial charge in [0.05, 0.1) is 27.4 Å². The highest BCUT2D eigenvalue weighted by molar-refractivity contribution is 5.55. The van der Waals surface area contributed by atoms with Gasteiger partial charge in [-0.3, -0.25) is 0 Å². The molecule has 20 heavy (non-hydrogen) atoms. The summed E-state index contributed by atoms with van der Waals surface area (Å²) in [6.45, 7) is 0. The standard InChI is InChI=1S/C16H23NO3/c1-18-13-9-12(10-14(19-2)16(13)20-3)15(17)11-7-5-4-6-8-11/h7,9-10,15H,4-6,8,17H2,1-3H3. The van der Waals surface area contributed by atoms with E-state index in [-0.39, 0.29) is 6.04 Å². The summed E-state index contributed by atoms with van der Waals surface area (Å²) in [5.74, 6) is 1.89. The van der Waals surface area contributed by atoms with Crippen molar-refractivity contribution in [1.29, 1.82) is 0 Å². The zero-order chi connectivity index (χ0) is 14.5. The Labute approximate surface area is 120 Å². The number of hydrogen-bond donors (Lipinski definition) is 1. The van der Waals surface area contributed by atoms with Crippen LogP contribution in [0, 0.1) is 0 Å². The number of benzene rings is 1. The molecule has 1 aliphatic carbocycles. The second-order valence-electron chi connectivity index (χ2n) is 4.96. The Bertz CT molecular complexity index is 471. The molecule has 2 N–H and O–H groups in total. The Kier molecular flexibility index (Phi) is 4.90. The molecule has 0 aromatic heterocycles. The quantitative estimate of drug-likeness (QED) is 0.840. The van der Waals surface area contributed by atoms with E-state index in [4.69, 9.17) is 19.9 Å². The molecule has 0 fully saturated rings. The van der Waals surface area contributed by atoms with E-state index in [9.17, 15) is 0 Å². The number of rotatable bonds is 5. The van der Waals surface area contributed by atoms with Crippen molar-refractivity contribution in [1.82, 2.24) is 0 Å². The maximum atomic E-state index is 6.39. The molecule has 1 atom stereocenters. The first-order valence-electron chi connectivity index (χ1n) is 6.95. The van der Waals surface area contributed by atoms with E-state index in [1.807, 2.05) is 12.1 Å². The predicted octanol–water partition coefficient (Wildman–Crippen LogP) is 3.21. The van der Waals surface area contributed by atoms with Crippen LogP contribution >= 0.6 is 0 Å². The summed E-state index contributed by atoms with van der Waals surface area (Å²) in [7, 11) is 4.84. The molecule has 1 aromatic rings. The Morgan fingerprint density at radius 3 is 2.10 bits per heavy atom. The second-order valence-corrected chi connectivity index (χ2v) is 4.96. The Morgan fingerprint density at radius 1 is 1.00 bits per heavy atom. The number of allylic oxidation sites excluding steroid dienone is 1. The molecule has 1 aliphatic rings. The van der Waals surface area contributed by atoms with Crippen LogP contribution in [0.2, 0.25) is 0 Å². The SMILES string of the molecule is COc1cc(C(N)C2=CCCCC2)cc(OC)c1OC. The van der Waals surface area contributed by atoms with Gasteiger partial charge in [0.1, 0.15) is 0 Å². The average Bonchev–Trinajstić information content (AvgIpc) is 2.53. The van der Waals surface area contributed by atoms with E-state index in [2.05, 4.69) is 6.08 Å². The van der Waals surface area contributed by atoms with E-state index in [1.165, 1.54) is 18.4 Å². The summed E-state index contributed by atoms with van der Waals surface area (Å²) in [6.07, 6.45) is 6.91. The van der Waals surface area contributed by atoms with Gasteiger partial charge < -0.3 is 19.9 Å². The second kappa shape index (κ2) is 6.66. The fraction of sp³-hybridized carbons (Fsp3) is 0.500. The highest BCUT2D eigenvalue weighted by atomic mass is 16.5. The number of nitrogens with two attached hydrogens (primary N) is 1. The fourth-order valence-electron chi connectivity index (χ4n) is 2.64. The third kappa shape index (κ3) is 2.90. The van der Waals surface area contributed by atoms with E-state index in [1.54, 1.807) is 21.3 Å². The first kappa shape index (κ1) is 14.7. The molecular formula is C16H23NO3. The summed E-state index contributed by atoms with van der Waals surface area (Å²) in [4.78, 5) is 0. The lowest BCUT2D eigenvalue weighted by atomic mass is 9.90. The molecule has 0 saturated carbocycles. The molecular weight excluding hydrogens is 254 g/mol. The lowest BCUT2D eigenvalue weighted by molar-refractivity contribution is 0.323. The molecule has 2 rings (SSSR count). The van der Waals surface area contributed by atoms with Crippen molar-refractivity contribution in [2.75, 3.05) is 21.3 Å². The molecule has 0 heterocycles. The van der Waals surface area contributed by atoms with Crippen LogP contribution in [-0.2, 0) is 0 Å². The van der Waals surface area contributed by atoms with Gasteiger partial charge in [0.2, 0.25) is 5.75 Å².